The lowest BCUT2D eigenvalue weighted by atomic mass is 10.1. The molecule has 2 rings (SSSR count). The third kappa shape index (κ3) is 4.96. The van der Waals surface area contributed by atoms with Crippen molar-refractivity contribution in [2.75, 3.05) is 6.61 Å². The summed E-state index contributed by atoms with van der Waals surface area (Å²) in [4.78, 5) is 23.8. The van der Waals surface area contributed by atoms with Crippen LogP contribution in [-0.2, 0) is 14.3 Å². The minimum Gasteiger partial charge on any atom is -0.451 e. The Hall–Kier alpha value is -2.55. The number of nitrogens with zero attached hydrogens (tertiary/aromatic N) is 2. The summed E-state index contributed by atoms with van der Waals surface area (Å²) in [6, 6.07) is 4.36. The number of ether oxygens (including phenoxy) is 1. The fraction of sp³-hybridized carbons (Fsp3) is 0.526. The summed E-state index contributed by atoms with van der Waals surface area (Å²) >= 11 is 0. The van der Waals surface area contributed by atoms with Crippen LogP contribution in [0.5, 0.6) is 0 Å². The first-order valence-electron chi connectivity index (χ1n) is 8.40. The Morgan fingerprint density at radius 1 is 1.40 bits per heavy atom. The van der Waals surface area contributed by atoms with E-state index in [0.717, 1.165) is 29.8 Å². The van der Waals surface area contributed by atoms with Gasteiger partial charge in [0.1, 0.15) is 11.6 Å². The monoisotopic (exact) mass is 343 g/mol. The zero-order valence-corrected chi connectivity index (χ0v) is 15.5. The van der Waals surface area contributed by atoms with Crippen molar-refractivity contribution in [2.24, 2.45) is 0 Å². The molecule has 6 nitrogen and oxygen atoms in total. The molecule has 0 aromatic carbocycles. The number of esters is 1. The molecule has 0 spiro atoms. The van der Waals surface area contributed by atoms with Crippen LogP contribution in [0.25, 0.3) is 6.08 Å². The maximum Gasteiger partial charge on any atom is 0.349 e. The van der Waals surface area contributed by atoms with Gasteiger partial charge in [0.25, 0.3) is 5.91 Å². The molecule has 25 heavy (non-hydrogen) atoms. The molecule has 0 unspecified atom stereocenters. The molecule has 134 valence electrons. The van der Waals surface area contributed by atoms with Crippen molar-refractivity contribution in [3.05, 3.63) is 28.6 Å². The van der Waals surface area contributed by atoms with Crippen LogP contribution in [0, 0.1) is 25.2 Å². The molecule has 1 amide bonds. The van der Waals surface area contributed by atoms with Crippen LogP contribution in [0.1, 0.15) is 56.6 Å². The third-order valence-electron chi connectivity index (χ3n) is 3.92. The Kier molecular flexibility index (Phi) is 5.36. The van der Waals surface area contributed by atoms with Crippen molar-refractivity contribution < 1.29 is 14.3 Å². The number of nitrogens with one attached hydrogen (secondary N) is 1. The zero-order valence-electron chi connectivity index (χ0n) is 15.5. The van der Waals surface area contributed by atoms with E-state index >= 15 is 0 Å². The first-order valence-corrected chi connectivity index (χ1v) is 8.40. The van der Waals surface area contributed by atoms with E-state index < -0.39 is 24.0 Å². The highest BCUT2D eigenvalue weighted by Gasteiger charge is 2.27. The quantitative estimate of drug-likeness (QED) is 0.506. The molecule has 1 aliphatic carbocycles. The number of amides is 1. The van der Waals surface area contributed by atoms with E-state index in [1.807, 2.05) is 46.8 Å². The van der Waals surface area contributed by atoms with Crippen LogP contribution < -0.4 is 5.32 Å². The van der Waals surface area contributed by atoms with E-state index in [2.05, 4.69) is 9.88 Å². The summed E-state index contributed by atoms with van der Waals surface area (Å²) in [5.41, 5.74) is 2.46. The molecule has 1 fully saturated rings. The Morgan fingerprint density at radius 2 is 2.04 bits per heavy atom. The summed E-state index contributed by atoms with van der Waals surface area (Å²) < 4.78 is 7.20. The van der Waals surface area contributed by atoms with Gasteiger partial charge in [-0.25, -0.2) is 4.79 Å². The average Bonchev–Trinajstić information content (AvgIpc) is 3.27. The lowest BCUT2D eigenvalue weighted by molar-refractivity contribution is -0.144. The minimum atomic E-state index is -0.789. The molecule has 6 heteroatoms. The van der Waals surface area contributed by atoms with Crippen molar-refractivity contribution in [1.82, 2.24) is 9.88 Å². The number of aryl methyl sites for hydroxylation is 1. The van der Waals surface area contributed by atoms with Crippen molar-refractivity contribution in [3.8, 4) is 6.07 Å². The topological polar surface area (TPSA) is 84.1 Å². The van der Waals surface area contributed by atoms with Gasteiger partial charge in [-0.3, -0.25) is 4.79 Å². The van der Waals surface area contributed by atoms with Crippen LogP contribution in [0.4, 0.5) is 0 Å². The van der Waals surface area contributed by atoms with Crippen molar-refractivity contribution >= 4 is 18.0 Å². The maximum atomic E-state index is 12.1. The van der Waals surface area contributed by atoms with Gasteiger partial charge in [-0.05, 0) is 65.2 Å². The molecule has 0 aliphatic heterocycles. The van der Waals surface area contributed by atoms with Crippen LogP contribution in [0.2, 0.25) is 0 Å². The highest BCUT2D eigenvalue weighted by Crippen LogP contribution is 2.38. The van der Waals surface area contributed by atoms with Crippen molar-refractivity contribution in [3.63, 3.8) is 0 Å². The summed E-state index contributed by atoms with van der Waals surface area (Å²) in [6.07, 6.45) is 3.86. The average molecular weight is 343 g/mol. The van der Waals surface area contributed by atoms with Crippen molar-refractivity contribution in [2.45, 2.75) is 59.0 Å². The summed E-state index contributed by atoms with van der Waals surface area (Å²) in [6.45, 7) is 9.10. The number of carbonyl (C=O) groups is 2. The van der Waals surface area contributed by atoms with Gasteiger partial charge < -0.3 is 14.6 Å². The van der Waals surface area contributed by atoms with Gasteiger partial charge in [-0.2, -0.15) is 5.26 Å². The second kappa shape index (κ2) is 7.14. The van der Waals surface area contributed by atoms with E-state index in [1.54, 1.807) is 0 Å². The van der Waals surface area contributed by atoms with Crippen LogP contribution >= 0.6 is 0 Å². The Labute approximate surface area is 148 Å². The van der Waals surface area contributed by atoms with Gasteiger partial charge in [0.2, 0.25) is 0 Å². The molecule has 1 N–H and O–H groups in total. The summed E-state index contributed by atoms with van der Waals surface area (Å²) in [5.74, 6) is -1.19. The van der Waals surface area contributed by atoms with Crippen LogP contribution in [0.15, 0.2) is 11.6 Å². The molecule has 1 saturated carbocycles. The molecular weight excluding hydrogens is 318 g/mol. The number of hydrogen-bond donors (Lipinski definition) is 1. The fourth-order valence-electron chi connectivity index (χ4n) is 2.80. The molecule has 1 heterocycles. The Bertz CT molecular complexity index is 756. The van der Waals surface area contributed by atoms with Gasteiger partial charge in [0.05, 0.1) is 0 Å². The van der Waals surface area contributed by atoms with E-state index in [4.69, 9.17) is 4.74 Å². The second-order valence-electron chi connectivity index (χ2n) is 7.47. The molecule has 0 radical (unpaired) electrons. The lowest BCUT2D eigenvalue weighted by Crippen LogP contribution is -2.42. The summed E-state index contributed by atoms with van der Waals surface area (Å²) in [5, 5.41) is 12.0. The van der Waals surface area contributed by atoms with Gasteiger partial charge in [-0.15, -0.1) is 0 Å². The number of carbonyl (C=O) groups excluding carboxylic acids is 2. The van der Waals surface area contributed by atoms with Gasteiger partial charge in [0.15, 0.2) is 6.61 Å². The smallest absolute Gasteiger partial charge is 0.349 e. The molecule has 0 bridgehead atoms. The van der Waals surface area contributed by atoms with Crippen LogP contribution in [0.3, 0.4) is 0 Å². The van der Waals surface area contributed by atoms with E-state index in [0.29, 0.717) is 6.04 Å². The zero-order chi connectivity index (χ0) is 18.8. The predicted octanol–water partition coefficient (Wildman–Crippen LogP) is 2.80. The van der Waals surface area contributed by atoms with Crippen molar-refractivity contribution in [1.29, 1.82) is 5.26 Å². The molecular formula is C19H25N3O3. The normalized spacial score (nSPS) is 14.8. The standard InChI is InChI=1S/C19H25N3O3/c1-12-8-14(13(2)22(12)16-6-7-16)9-15(10-20)18(24)25-11-17(23)21-19(3,4)5/h8-9,16H,6-7,11H2,1-5H3,(H,21,23)/b15-9+. The van der Waals surface area contributed by atoms with Crippen LogP contribution in [-0.4, -0.2) is 28.6 Å². The number of rotatable bonds is 5. The first kappa shape index (κ1) is 18.8. The minimum absolute atomic E-state index is 0.111. The Balaban J connectivity index is 2.07. The first-order chi connectivity index (χ1) is 11.6. The van der Waals surface area contributed by atoms with Gasteiger partial charge in [-0.1, -0.05) is 0 Å². The summed E-state index contributed by atoms with van der Waals surface area (Å²) in [7, 11) is 0. The molecule has 0 atom stereocenters. The largest absolute Gasteiger partial charge is 0.451 e. The number of hydrogen-bond acceptors (Lipinski definition) is 4. The molecule has 1 aromatic rings. The SMILES string of the molecule is Cc1cc(/C=C(\C#N)C(=O)OCC(=O)NC(C)(C)C)c(C)n1C1CC1. The van der Waals surface area contributed by atoms with Gasteiger partial charge >= 0.3 is 5.97 Å². The number of aromatic nitrogens is 1. The molecule has 1 aliphatic rings. The second-order valence-corrected chi connectivity index (χ2v) is 7.47. The third-order valence-corrected chi connectivity index (χ3v) is 3.92. The maximum absolute atomic E-state index is 12.1. The highest BCUT2D eigenvalue weighted by molar-refractivity contribution is 5.99. The van der Waals surface area contributed by atoms with E-state index in [9.17, 15) is 14.9 Å². The van der Waals surface area contributed by atoms with E-state index in [-0.39, 0.29) is 5.57 Å². The number of nitriles is 1. The van der Waals surface area contributed by atoms with E-state index in [1.165, 1.54) is 6.08 Å². The highest BCUT2D eigenvalue weighted by atomic mass is 16.5. The lowest BCUT2D eigenvalue weighted by Gasteiger charge is -2.20. The molecule has 0 saturated heterocycles. The Morgan fingerprint density at radius 3 is 2.56 bits per heavy atom. The van der Waals surface area contributed by atoms with Gasteiger partial charge in [0, 0.05) is 23.0 Å². The predicted molar refractivity (Wildman–Crippen MR) is 94.6 cm³/mol. The molecule has 1 aromatic heterocycles. The fourth-order valence-corrected chi connectivity index (χ4v) is 2.80.